The molecule has 0 aromatic heterocycles. The molecule has 2 heterocycles. The molecule has 0 radical (unpaired) electrons. The lowest BCUT2D eigenvalue weighted by Gasteiger charge is -2.44. The fourth-order valence-corrected chi connectivity index (χ4v) is 3.52. The third-order valence-electron chi connectivity index (χ3n) is 4.53. The second-order valence-corrected chi connectivity index (χ2v) is 5.74. The molecule has 19 heavy (non-hydrogen) atoms. The maximum Gasteiger partial charge on any atom is 0.0991 e. The van der Waals surface area contributed by atoms with Crippen molar-refractivity contribution in [3.63, 3.8) is 0 Å². The Morgan fingerprint density at radius 2 is 2.11 bits per heavy atom. The average molecular weight is 255 g/mol. The Bertz CT molecular complexity index is 458. The molecule has 2 aliphatic heterocycles. The van der Waals surface area contributed by atoms with Crippen molar-refractivity contribution >= 4 is 0 Å². The highest BCUT2D eigenvalue weighted by atomic mass is 15.2. The van der Waals surface area contributed by atoms with Gasteiger partial charge in [-0.3, -0.25) is 4.90 Å². The summed E-state index contributed by atoms with van der Waals surface area (Å²) in [6.45, 7) is 4.60. The predicted octanol–water partition coefficient (Wildman–Crippen LogP) is 2.13. The predicted molar refractivity (Wildman–Crippen MR) is 75.6 cm³/mol. The summed E-state index contributed by atoms with van der Waals surface area (Å²) < 4.78 is 0. The van der Waals surface area contributed by atoms with E-state index in [4.69, 9.17) is 5.26 Å². The number of hydrogen-bond donors (Lipinski definition) is 1. The Labute approximate surface area is 115 Å². The van der Waals surface area contributed by atoms with Crippen molar-refractivity contribution in [2.75, 3.05) is 19.6 Å². The summed E-state index contributed by atoms with van der Waals surface area (Å²) in [5.41, 5.74) is 2.08. The van der Waals surface area contributed by atoms with E-state index in [1.54, 1.807) is 0 Å². The van der Waals surface area contributed by atoms with Gasteiger partial charge < -0.3 is 5.32 Å². The maximum atomic E-state index is 8.84. The monoisotopic (exact) mass is 255 g/mol. The van der Waals surface area contributed by atoms with Crippen LogP contribution in [-0.2, 0) is 6.54 Å². The number of piperidine rings is 2. The number of hydrogen-bond acceptors (Lipinski definition) is 3. The fraction of sp³-hybridized carbons (Fsp3) is 0.562. The van der Waals surface area contributed by atoms with Crippen molar-refractivity contribution in [1.82, 2.24) is 10.2 Å². The van der Waals surface area contributed by atoms with E-state index in [1.807, 2.05) is 12.1 Å². The van der Waals surface area contributed by atoms with Gasteiger partial charge in [0.1, 0.15) is 0 Å². The maximum absolute atomic E-state index is 8.84. The van der Waals surface area contributed by atoms with Gasteiger partial charge in [-0.25, -0.2) is 0 Å². The van der Waals surface area contributed by atoms with Crippen LogP contribution in [0.4, 0.5) is 0 Å². The van der Waals surface area contributed by atoms with Crippen LogP contribution in [0.15, 0.2) is 24.3 Å². The van der Waals surface area contributed by atoms with Gasteiger partial charge in [0.25, 0.3) is 0 Å². The zero-order valence-electron chi connectivity index (χ0n) is 11.3. The molecule has 2 atom stereocenters. The summed E-state index contributed by atoms with van der Waals surface area (Å²) in [5.74, 6) is 0.834. The summed E-state index contributed by atoms with van der Waals surface area (Å²) in [5, 5.41) is 12.4. The van der Waals surface area contributed by atoms with Crippen molar-refractivity contribution < 1.29 is 0 Å². The van der Waals surface area contributed by atoms with Crippen molar-refractivity contribution in [3.05, 3.63) is 35.4 Å². The Kier molecular flexibility index (Phi) is 3.82. The topological polar surface area (TPSA) is 39.1 Å². The van der Waals surface area contributed by atoms with Crippen LogP contribution >= 0.6 is 0 Å². The molecular formula is C16H21N3. The minimum atomic E-state index is 0.752. The van der Waals surface area contributed by atoms with Crippen LogP contribution in [0.1, 0.15) is 30.4 Å². The molecule has 0 spiro atoms. The highest BCUT2D eigenvalue weighted by Crippen LogP contribution is 2.28. The SMILES string of the molecule is N#Cc1ccc(CN2CCCC3CNCCC32)cc1. The van der Waals surface area contributed by atoms with Crippen molar-refractivity contribution in [1.29, 1.82) is 5.26 Å². The first-order chi connectivity index (χ1) is 9.36. The normalized spacial score (nSPS) is 27.5. The highest BCUT2D eigenvalue weighted by Gasteiger charge is 2.32. The first kappa shape index (κ1) is 12.7. The summed E-state index contributed by atoms with van der Waals surface area (Å²) >= 11 is 0. The largest absolute Gasteiger partial charge is 0.316 e. The zero-order valence-corrected chi connectivity index (χ0v) is 11.3. The van der Waals surface area contributed by atoms with E-state index in [-0.39, 0.29) is 0 Å². The molecular weight excluding hydrogens is 234 g/mol. The molecule has 1 N–H and O–H groups in total. The van der Waals surface area contributed by atoms with Crippen molar-refractivity contribution in [3.8, 4) is 6.07 Å². The van der Waals surface area contributed by atoms with Crippen LogP contribution in [0.5, 0.6) is 0 Å². The second-order valence-electron chi connectivity index (χ2n) is 5.74. The van der Waals surface area contributed by atoms with Crippen molar-refractivity contribution in [2.45, 2.75) is 31.8 Å². The van der Waals surface area contributed by atoms with Gasteiger partial charge in [-0.1, -0.05) is 12.1 Å². The second kappa shape index (κ2) is 5.73. The van der Waals surface area contributed by atoms with Crippen LogP contribution in [0.25, 0.3) is 0 Å². The van der Waals surface area contributed by atoms with Crippen molar-refractivity contribution in [2.24, 2.45) is 5.92 Å². The molecule has 0 bridgehead atoms. The Balaban J connectivity index is 1.68. The Morgan fingerprint density at radius 3 is 2.89 bits per heavy atom. The van der Waals surface area contributed by atoms with Crippen LogP contribution in [0.3, 0.4) is 0 Å². The molecule has 100 valence electrons. The number of likely N-dealkylation sites (tertiary alicyclic amines) is 1. The van der Waals surface area contributed by atoms with E-state index >= 15 is 0 Å². The summed E-state index contributed by atoms with van der Waals surface area (Å²) in [6.07, 6.45) is 3.97. The number of nitriles is 1. The summed E-state index contributed by atoms with van der Waals surface area (Å²) in [7, 11) is 0. The fourth-order valence-electron chi connectivity index (χ4n) is 3.52. The number of fused-ring (bicyclic) bond motifs is 1. The molecule has 3 rings (SSSR count). The van der Waals surface area contributed by atoms with Gasteiger partial charge in [-0.15, -0.1) is 0 Å². The van der Waals surface area contributed by atoms with E-state index in [0.717, 1.165) is 30.6 Å². The first-order valence-electron chi connectivity index (χ1n) is 7.30. The number of nitrogens with zero attached hydrogens (tertiary/aromatic N) is 2. The highest BCUT2D eigenvalue weighted by molar-refractivity contribution is 5.31. The van der Waals surface area contributed by atoms with Crippen LogP contribution < -0.4 is 5.32 Å². The molecule has 3 heteroatoms. The van der Waals surface area contributed by atoms with Crippen LogP contribution in [0.2, 0.25) is 0 Å². The minimum Gasteiger partial charge on any atom is -0.316 e. The molecule has 1 aromatic carbocycles. The molecule has 2 aliphatic rings. The number of benzene rings is 1. The number of nitrogens with one attached hydrogen (secondary N) is 1. The Hall–Kier alpha value is -1.37. The standard InChI is InChI=1S/C16H21N3/c17-10-13-3-5-14(6-4-13)12-19-9-1-2-15-11-18-8-7-16(15)19/h3-6,15-16,18H,1-2,7-9,11-12H2. The van der Waals surface area contributed by atoms with Gasteiger partial charge in [-0.05, 0) is 62.5 Å². The minimum absolute atomic E-state index is 0.752. The molecule has 2 fully saturated rings. The van der Waals surface area contributed by atoms with Gasteiger partial charge >= 0.3 is 0 Å². The van der Waals surface area contributed by atoms with Gasteiger partial charge in [-0.2, -0.15) is 5.26 Å². The molecule has 2 unspecified atom stereocenters. The molecule has 3 nitrogen and oxygen atoms in total. The van der Waals surface area contributed by atoms with Crippen LogP contribution in [0, 0.1) is 17.2 Å². The van der Waals surface area contributed by atoms with Crippen LogP contribution in [-0.4, -0.2) is 30.6 Å². The zero-order chi connectivity index (χ0) is 13.1. The summed E-state index contributed by atoms with van der Waals surface area (Å²) in [6, 6.07) is 11.0. The lowest BCUT2D eigenvalue weighted by Crippen LogP contribution is -2.52. The third kappa shape index (κ3) is 2.80. The molecule has 2 saturated heterocycles. The molecule has 1 aromatic rings. The third-order valence-corrected chi connectivity index (χ3v) is 4.53. The van der Waals surface area contributed by atoms with Gasteiger partial charge in [0, 0.05) is 12.6 Å². The Morgan fingerprint density at radius 1 is 1.26 bits per heavy atom. The quantitative estimate of drug-likeness (QED) is 0.880. The lowest BCUT2D eigenvalue weighted by molar-refractivity contribution is 0.0627. The average Bonchev–Trinajstić information content (AvgIpc) is 2.48. The van der Waals surface area contributed by atoms with E-state index in [0.29, 0.717) is 0 Å². The van der Waals surface area contributed by atoms with E-state index in [1.165, 1.54) is 37.9 Å². The smallest absolute Gasteiger partial charge is 0.0991 e. The molecule has 0 aliphatic carbocycles. The summed E-state index contributed by atoms with van der Waals surface area (Å²) in [4.78, 5) is 2.65. The van der Waals surface area contributed by atoms with Gasteiger partial charge in [0.2, 0.25) is 0 Å². The van der Waals surface area contributed by atoms with Gasteiger partial charge in [0.15, 0.2) is 0 Å². The van der Waals surface area contributed by atoms with Gasteiger partial charge in [0.05, 0.1) is 11.6 Å². The van der Waals surface area contributed by atoms with E-state index < -0.39 is 0 Å². The lowest BCUT2D eigenvalue weighted by atomic mass is 9.84. The number of rotatable bonds is 2. The molecule has 0 amide bonds. The molecule has 0 saturated carbocycles. The van der Waals surface area contributed by atoms with E-state index in [9.17, 15) is 0 Å². The van der Waals surface area contributed by atoms with E-state index in [2.05, 4.69) is 28.4 Å². The first-order valence-corrected chi connectivity index (χ1v) is 7.30.